The van der Waals surface area contributed by atoms with Crippen LogP contribution < -0.4 is 0 Å². The van der Waals surface area contributed by atoms with Crippen LogP contribution in [-0.4, -0.2) is 45.5 Å². The van der Waals surface area contributed by atoms with E-state index >= 15 is 0 Å². The smallest absolute Gasteiger partial charge is 0.357 e. The summed E-state index contributed by atoms with van der Waals surface area (Å²) in [7, 11) is 0. The minimum Gasteiger partial charge on any atom is -0.451 e. The van der Waals surface area contributed by atoms with Crippen molar-refractivity contribution in [3.8, 4) is 5.69 Å². The van der Waals surface area contributed by atoms with Gasteiger partial charge in [-0.15, -0.1) is 0 Å². The van der Waals surface area contributed by atoms with E-state index in [1.165, 1.54) is 5.01 Å². The minimum absolute atomic E-state index is 0.329. The molecule has 7 heteroatoms. The van der Waals surface area contributed by atoms with E-state index in [9.17, 15) is 9.59 Å². The van der Waals surface area contributed by atoms with Crippen LogP contribution >= 0.6 is 0 Å². The molecule has 2 aromatic carbocycles. The monoisotopic (exact) mass is 414 g/mol. The standard InChI is InChI=1S/C24H22N4O3/c29-23(27-14-13-20(25-27)17-7-3-1-4-8-17)16-31-24(30)22-15-21(18-11-12-18)26-28(22)19-9-5-2-6-10-19/h1-10,15,18H,11-14,16H2. The Balaban J connectivity index is 1.28. The average Bonchev–Trinajstić information content (AvgIpc) is 3.37. The van der Waals surface area contributed by atoms with Crippen molar-refractivity contribution in [1.29, 1.82) is 0 Å². The van der Waals surface area contributed by atoms with E-state index in [2.05, 4.69) is 10.2 Å². The number of carbonyl (C=O) groups excluding carboxylic acids is 2. The number of hydrazone groups is 1. The van der Waals surface area contributed by atoms with Crippen molar-refractivity contribution in [3.05, 3.63) is 83.7 Å². The maximum atomic E-state index is 12.8. The topological polar surface area (TPSA) is 76.8 Å². The fourth-order valence-corrected chi connectivity index (χ4v) is 3.64. The molecule has 2 aliphatic rings. The Hall–Kier alpha value is -3.74. The molecule has 0 bridgehead atoms. The summed E-state index contributed by atoms with van der Waals surface area (Å²) >= 11 is 0. The van der Waals surface area contributed by atoms with Gasteiger partial charge in [0.2, 0.25) is 0 Å². The molecule has 1 amide bonds. The van der Waals surface area contributed by atoms with Crippen LogP contribution in [0.4, 0.5) is 0 Å². The molecule has 1 saturated carbocycles. The van der Waals surface area contributed by atoms with Crippen LogP contribution in [-0.2, 0) is 9.53 Å². The summed E-state index contributed by atoms with van der Waals surface area (Å²) in [4.78, 5) is 25.4. The Morgan fingerprint density at radius 2 is 1.71 bits per heavy atom. The highest BCUT2D eigenvalue weighted by Crippen LogP contribution is 2.39. The number of hydrogen-bond donors (Lipinski definition) is 0. The quantitative estimate of drug-likeness (QED) is 0.578. The number of nitrogens with zero attached hydrogens (tertiary/aromatic N) is 4. The molecule has 31 heavy (non-hydrogen) atoms. The SMILES string of the molecule is O=C(OCC(=O)N1CCC(c2ccccc2)=N1)c1cc(C2CC2)nn1-c1ccccc1. The molecule has 0 atom stereocenters. The molecule has 0 spiro atoms. The Labute approximate surface area is 179 Å². The second-order valence-corrected chi connectivity index (χ2v) is 7.73. The summed E-state index contributed by atoms with van der Waals surface area (Å²) in [6.45, 7) is 0.123. The van der Waals surface area contributed by atoms with Gasteiger partial charge in [0.05, 0.1) is 23.6 Å². The Morgan fingerprint density at radius 1 is 1.00 bits per heavy atom. The summed E-state index contributed by atoms with van der Waals surface area (Å²) in [6, 6.07) is 21.0. The fraction of sp³-hybridized carbons (Fsp3) is 0.250. The molecule has 1 aliphatic carbocycles. The van der Waals surface area contributed by atoms with Gasteiger partial charge in [0.1, 0.15) is 0 Å². The van der Waals surface area contributed by atoms with Gasteiger partial charge < -0.3 is 4.74 Å². The van der Waals surface area contributed by atoms with Crippen molar-refractivity contribution in [2.45, 2.75) is 25.2 Å². The lowest BCUT2D eigenvalue weighted by Crippen LogP contribution is -2.29. The summed E-state index contributed by atoms with van der Waals surface area (Å²) in [6.07, 6.45) is 2.83. The van der Waals surface area contributed by atoms with E-state index in [0.717, 1.165) is 35.5 Å². The number of ether oxygens (including phenoxy) is 1. The highest BCUT2D eigenvalue weighted by atomic mass is 16.5. The Kier molecular flexibility index (Phi) is 5.08. The first-order valence-corrected chi connectivity index (χ1v) is 10.4. The largest absolute Gasteiger partial charge is 0.451 e. The zero-order valence-corrected chi connectivity index (χ0v) is 17.0. The first-order chi connectivity index (χ1) is 15.2. The number of esters is 1. The molecule has 1 aliphatic heterocycles. The Morgan fingerprint density at radius 3 is 2.42 bits per heavy atom. The van der Waals surface area contributed by atoms with Gasteiger partial charge in [-0.25, -0.2) is 14.5 Å². The lowest BCUT2D eigenvalue weighted by molar-refractivity contribution is -0.134. The molecule has 0 unspecified atom stereocenters. The number of hydrogen-bond acceptors (Lipinski definition) is 5. The summed E-state index contributed by atoms with van der Waals surface area (Å²) in [5.74, 6) is -0.510. The second kappa shape index (κ2) is 8.18. The molecule has 5 rings (SSSR count). The van der Waals surface area contributed by atoms with Crippen molar-refractivity contribution < 1.29 is 14.3 Å². The van der Waals surface area contributed by atoms with E-state index in [-0.39, 0.29) is 12.5 Å². The third kappa shape index (κ3) is 4.12. The first-order valence-electron chi connectivity index (χ1n) is 10.4. The second-order valence-electron chi connectivity index (χ2n) is 7.73. The molecular weight excluding hydrogens is 392 g/mol. The predicted octanol–water partition coefficient (Wildman–Crippen LogP) is 3.54. The molecular formula is C24H22N4O3. The lowest BCUT2D eigenvalue weighted by atomic mass is 10.1. The third-order valence-corrected chi connectivity index (χ3v) is 5.46. The van der Waals surface area contributed by atoms with Crippen LogP contribution in [0.3, 0.4) is 0 Å². The molecule has 3 aromatic rings. The van der Waals surface area contributed by atoms with Gasteiger partial charge in [-0.2, -0.15) is 10.2 Å². The number of rotatable bonds is 6. The van der Waals surface area contributed by atoms with Gasteiger partial charge in [0.15, 0.2) is 12.3 Å². The van der Waals surface area contributed by atoms with Gasteiger partial charge >= 0.3 is 5.97 Å². The maximum absolute atomic E-state index is 12.8. The summed E-state index contributed by atoms with van der Waals surface area (Å²) in [5, 5.41) is 10.4. The van der Waals surface area contributed by atoms with Gasteiger partial charge in [0, 0.05) is 12.3 Å². The third-order valence-electron chi connectivity index (χ3n) is 5.46. The molecule has 1 fully saturated rings. The van der Waals surface area contributed by atoms with Crippen LogP contribution in [0.15, 0.2) is 71.8 Å². The number of para-hydroxylation sites is 1. The van der Waals surface area contributed by atoms with Crippen molar-refractivity contribution in [3.63, 3.8) is 0 Å². The highest BCUT2D eigenvalue weighted by Gasteiger charge is 2.30. The minimum atomic E-state index is -0.567. The van der Waals surface area contributed by atoms with E-state index in [4.69, 9.17) is 4.74 Å². The van der Waals surface area contributed by atoms with Gasteiger partial charge in [-0.3, -0.25) is 4.79 Å². The van der Waals surface area contributed by atoms with Crippen molar-refractivity contribution >= 4 is 17.6 Å². The zero-order valence-electron chi connectivity index (χ0n) is 17.0. The van der Waals surface area contributed by atoms with Crippen LogP contribution in [0.25, 0.3) is 5.69 Å². The van der Waals surface area contributed by atoms with E-state index in [0.29, 0.717) is 24.6 Å². The molecule has 2 heterocycles. The van der Waals surface area contributed by atoms with Crippen LogP contribution in [0.1, 0.15) is 46.9 Å². The van der Waals surface area contributed by atoms with Crippen molar-refractivity contribution in [1.82, 2.24) is 14.8 Å². The number of amides is 1. The first kappa shape index (κ1) is 19.2. The number of carbonyl (C=O) groups is 2. The summed E-state index contributed by atoms with van der Waals surface area (Å²) < 4.78 is 6.96. The molecule has 7 nitrogen and oxygen atoms in total. The lowest BCUT2D eigenvalue weighted by Gasteiger charge is -2.12. The molecule has 0 N–H and O–H groups in total. The van der Waals surface area contributed by atoms with E-state index in [1.807, 2.05) is 60.7 Å². The highest BCUT2D eigenvalue weighted by molar-refractivity contribution is 6.02. The Bertz CT molecular complexity index is 1130. The molecule has 0 saturated heterocycles. The summed E-state index contributed by atoms with van der Waals surface area (Å²) in [5.41, 5.74) is 3.85. The van der Waals surface area contributed by atoms with Crippen LogP contribution in [0.2, 0.25) is 0 Å². The normalized spacial score (nSPS) is 15.6. The van der Waals surface area contributed by atoms with Crippen LogP contribution in [0, 0.1) is 0 Å². The van der Waals surface area contributed by atoms with E-state index < -0.39 is 5.97 Å². The predicted molar refractivity (Wildman–Crippen MR) is 115 cm³/mol. The molecule has 156 valence electrons. The fourth-order valence-electron chi connectivity index (χ4n) is 3.64. The van der Waals surface area contributed by atoms with Crippen molar-refractivity contribution in [2.24, 2.45) is 5.10 Å². The van der Waals surface area contributed by atoms with Crippen molar-refractivity contribution in [2.75, 3.05) is 13.2 Å². The van der Waals surface area contributed by atoms with Gasteiger partial charge in [-0.05, 0) is 36.6 Å². The van der Waals surface area contributed by atoms with Gasteiger partial charge in [-0.1, -0.05) is 48.5 Å². The average molecular weight is 414 g/mol. The van der Waals surface area contributed by atoms with E-state index in [1.54, 1.807) is 10.7 Å². The van der Waals surface area contributed by atoms with Gasteiger partial charge in [0.25, 0.3) is 5.91 Å². The number of benzene rings is 2. The molecule has 1 aromatic heterocycles. The molecule has 0 radical (unpaired) electrons. The maximum Gasteiger partial charge on any atom is 0.357 e. The van der Waals surface area contributed by atoms with Crippen LogP contribution in [0.5, 0.6) is 0 Å². The zero-order chi connectivity index (χ0) is 21.2. The number of aromatic nitrogens is 2.